The molecular weight excluding hydrogens is 661 g/mol. The molecule has 0 radical (unpaired) electrons. The molecule has 1 aromatic heterocycles. The zero-order valence-corrected chi connectivity index (χ0v) is 30.8. The van der Waals surface area contributed by atoms with E-state index in [1.165, 1.54) is 26.6 Å². The number of thiophene rings is 1. The molecule has 0 amide bonds. The molecule has 1 unspecified atom stereocenters. The van der Waals surface area contributed by atoms with E-state index in [0.717, 1.165) is 74.5 Å². The van der Waals surface area contributed by atoms with Crippen molar-refractivity contribution in [2.75, 3.05) is 13.7 Å². The first kappa shape index (κ1) is 34.2. The number of fused-ring (bicyclic) bond motifs is 3. The van der Waals surface area contributed by atoms with Crippen LogP contribution in [0.2, 0.25) is 0 Å². The quantitative estimate of drug-likeness (QED) is 0.0871. The maximum atomic E-state index is 14.2. The molecule has 268 valence electrons. The Bertz CT molecular complexity index is 1890. The minimum Gasteiger partial charge on any atom is -0.496 e. The summed E-state index contributed by atoms with van der Waals surface area (Å²) in [5, 5.41) is 2.39. The molecule has 5 fully saturated rings. The normalized spacial score (nSPS) is 26.6. The molecule has 0 saturated heterocycles. The Morgan fingerprint density at radius 1 is 0.804 bits per heavy atom. The third-order valence-electron chi connectivity index (χ3n) is 12.9. The molecule has 5 aliphatic rings. The van der Waals surface area contributed by atoms with Gasteiger partial charge in [-0.3, -0.25) is 9.59 Å². The predicted molar refractivity (Wildman–Crippen MR) is 199 cm³/mol. The van der Waals surface area contributed by atoms with E-state index in [0.29, 0.717) is 23.1 Å². The lowest BCUT2D eigenvalue weighted by Gasteiger charge is -2.59. The second kappa shape index (κ2) is 13.6. The summed E-state index contributed by atoms with van der Waals surface area (Å²) >= 11 is 0. The highest BCUT2D eigenvalue weighted by Crippen LogP contribution is 2.59. The average Bonchev–Trinajstić information content (AvgIpc) is 3.74. The highest BCUT2D eigenvalue weighted by molar-refractivity contribution is 7.50. The first-order chi connectivity index (χ1) is 24.7. The molecule has 51 heavy (non-hydrogen) atoms. The van der Waals surface area contributed by atoms with Crippen LogP contribution in [-0.4, -0.2) is 42.8 Å². The second-order valence-corrected chi connectivity index (χ2v) is 17.7. The van der Waals surface area contributed by atoms with E-state index in [2.05, 4.69) is 55.5 Å². The zero-order valence-electron chi connectivity index (χ0n) is 30.0. The maximum Gasteiger partial charge on any atom is 0.344 e. The number of esters is 3. The number of hydrogen-bond donors (Lipinski definition) is 0. The largest absolute Gasteiger partial charge is 0.496 e. The van der Waals surface area contributed by atoms with Gasteiger partial charge in [0.1, 0.15) is 17.0 Å². The first-order valence-electron chi connectivity index (χ1n) is 18.9. The number of carbonyl (C=O) groups is 3. The maximum absolute atomic E-state index is 14.2. The van der Waals surface area contributed by atoms with Crippen LogP contribution in [0.5, 0.6) is 5.75 Å². The predicted octanol–water partition coefficient (Wildman–Crippen LogP) is 9.78. The molecule has 8 heteroatoms. The van der Waals surface area contributed by atoms with Gasteiger partial charge in [-0.05, 0) is 125 Å². The number of ether oxygens (including phenoxy) is 4. The summed E-state index contributed by atoms with van der Waals surface area (Å²) in [6.07, 6.45) is 9.89. The number of carbonyl (C=O) groups excluding carboxylic acids is 3. The van der Waals surface area contributed by atoms with Gasteiger partial charge in [-0.2, -0.15) is 0 Å². The molecule has 7 nitrogen and oxygen atoms in total. The lowest BCUT2D eigenvalue weighted by atomic mass is 9.50. The van der Waals surface area contributed by atoms with Gasteiger partial charge < -0.3 is 18.9 Å². The van der Waals surface area contributed by atoms with Gasteiger partial charge in [-0.15, -0.1) is 0 Å². The van der Waals surface area contributed by atoms with Gasteiger partial charge in [0.15, 0.2) is 20.9 Å². The summed E-state index contributed by atoms with van der Waals surface area (Å²) in [6, 6.07) is 22.7. The van der Waals surface area contributed by atoms with Crippen molar-refractivity contribution >= 4 is 48.6 Å². The standard InChI is InChI=1S/C43H49O7S/c1-4-43(17-9-10-18-43)50-39(44)25-35(41(46)48-26-40(45)49-42(2)29-20-27-19-28(22-29)23-30(42)21-27)34-24-31(15-16-36(34)47-3)51-37-13-7-5-11-32(37)33-12-6-8-14-38(33)51/h5-8,11-16,24,27-30,35H,4,9-10,17-23,25-26H2,1-3H3/q+1. The third kappa shape index (κ3) is 6.21. The molecule has 0 aliphatic heterocycles. The number of methoxy groups -OCH3 is 1. The molecule has 4 bridgehead atoms. The molecule has 1 heterocycles. The van der Waals surface area contributed by atoms with E-state index in [-0.39, 0.29) is 6.42 Å². The van der Waals surface area contributed by atoms with Crippen LogP contribution in [0.3, 0.4) is 0 Å². The van der Waals surface area contributed by atoms with E-state index in [1.54, 1.807) is 7.11 Å². The Labute approximate surface area is 302 Å². The molecule has 5 saturated carbocycles. The summed E-state index contributed by atoms with van der Waals surface area (Å²) < 4.78 is 26.4. The van der Waals surface area contributed by atoms with Crippen molar-refractivity contribution in [2.24, 2.45) is 23.7 Å². The fourth-order valence-corrected chi connectivity index (χ4v) is 12.7. The van der Waals surface area contributed by atoms with Gasteiger partial charge in [0.25, 0.3) is 0 Å². The van der Waals surface area contributed by atoms with Crippen molar-refractivity contribution in [3.05, 3.63) is 72.3 Å². The fourth-order valence-electron chi connectivity index (χ4n) is 10.3. The van der Waals surface area contributed by atoms with Crippen molar-refractivity contribution in [1.29, 1.82) is 0 Å². The van der Waals surface area contributed by atoms with Gasteiger partial charge in [0, 0.05) is 38.9 Å². The van der Waals surface area contributed by atoms with E-state index < -0.39 is 52.1 Å². The molecule has 0 N–H and O–H groups in total. The average molecular weight is 710 g/mol. The van der Waals surface area contributed by atoms with Gasteiger partial charge >= 0.3 is 17.9 Å². The van der Waals surface area contributed by atoms with Crippen molar-refractivity contribution in [2.45, 2.75) is 102 Å². The van der Waals surface area contributed by atoms with Crippen LogP contribution < -0.4 is 4.74 Å². The van der Waals surface area contributed by atoms with Crippen LogP contribution in [0.25, 0.3) is 25.1 Å². The zero-order chi connectivity index (χ0) is 35.3. The lowest BCUT2D eigenvalue weighted by molar-refractivity contribution is -0.207. The Hall–Kier alpha value is -3.91. The summed E-state index contributed by atoms with van der Waals surface area (Å²) in [7, 11) is 1.13. The van der Waals surface area contributed by atoms with E-state index in [9.17, 15) is 14.4 Å². The van der Waals surface area contributed by atoms with Crippen molar-refractivity contribution in [1.82, 2.24) is 0 Å². The molecule has 3 aromatic carbocycles. The lowest BCUT2D eigenvalue weighted by Crippen LogP contribution is -2.58. The molecule has 4 aromatic rings. The van der Waals surface area contributed by atoms with E-state index in [4.69, 9.17) is 18.9 Å². The molecule has 1 atom stereocenters. The summed E-state index contributed by atoms with van der Waals surface area (Å²) in [4.78, 5) is 42.3. The van der Waals surface area contributed by atoms with Gasteiger partial charge in [0.05, 0.1) is 19.4 Å². The molecule has 9 rings (SSSR count). The Kier molecular flexibility index (Phi) is 9.10. The van der Waals surface area contributed by atoms with Crippen LogP contribution in [0, 0.1) is 23.7 Å². The Morgan fingerprint density at radius 3 is 2.00 bits per heavy atom. The second-order valence-electron chi connectivity index (χ2n) is 15.7. The minimum atomic E-state index is -1.04. The summed E-state index contributed by atoms with van der Waals surface area (Å²) in [5.41, 5.74) is -0.486. The topological polar surface area (TPSA) is 88.1 Å². The molecular formula is C43H49O7S+. The van der Waals surface area contributed by atoms with Gasteiger partial charge in [0.2, 0.25) is 0 Å². The SMILES string of the molecule is CCC1(OC(=O)CC(C(=O)OCC(=O)OC2(C)C3CC4CC(C3)CC2C4)c2cc(-[s+]3c4ccccc4c4ccccc43)ccc2OC)CCCC1. The van der Waals surface area contributed by atoms with E-state index in [1.807, 2.05) is 25.1 Å². The van der Waals surface area contributed by atoms with Gasteiger partial charge in [-0.1, -0.05) is 31.2 Å². The third-order valence-corrected chi connectivity index (χ3v) is 15.2. The summed E-state index contributed by atoms with van der Waals surface area (Å²) in [6.45, 7) is 3.63. The Morgan fingerprint density at radius 2 is 1.41 bits per heavy atom. The number of benzene rings is 3. The fraction of sp³-hybridized carbons (Fsp3) is 0.512. The van der Waals surface area contributed by atoms with Crippen LogP contribution in [0.4, 0.5) is 0 Å². The van der Waals surface area contributed by atoms with E-state index >= 15 is 0 Å². The molecule has 0 spiro atoms. The van der Waals surface area contributed by atoms with Gasteiger partial charge in [-0.25, -0.2) is 4.79 Å². The summed E-state index contributed by atoms with van der Waals surface area (Å²) in [5.74, 6) is -0.00362. The highest BCUT2D eigenvalue weighted by Gasteiger charge is 2.57. The molecule has 5 aliphatic carbocycles. The monoisotopic (exact) mass is 709 g/mol. The highest BCUT2D eigenvalue weighted by atomic mass is 32.2. The van der Waals surface area contributed by atoms with Crippen LogP contribution in [0.1, 0.15) is 96.0 Å². The van der Waals surface area contributed by atoms with Crippen LogP contribution in [0.15, 0.2) is 66.7 Å². The number of hydrogen-bond acceptors (Lipinski definition) is 7. The first-order valence-corrected chi connectivity index (χ1v) is 20.1. The van der Waals surface area contributed by atoms with Crippen LogP contribution in [-0.2, 0) is 28.6 Å². The number of rotatable bonds is 11. The van der Waals surface area contributed by atoms with Crippen LogP contribution >= 0.6 is 10.5 Å². The Balaban J connectivity index is 1.10. The van der Waals surface area contributed by atoms with Crippen molar-refractivity contribution in [3.8, 4) is 10.6 Å². The minimum absolute atomic E-state index is 0.221. The smallest absolute Gasteiger partial charge is 0.344 e. The van der Waals surface area contributed by atoms with Crippen molar-refractivity contribution < 1.29 is 33.3 Å². The van der Waals surface area contributed by atoms with Crippen molar-refractivity contribution in [3.63, 3.8) is 0 Å².